The normalized spacial score (nSPS) is 13.6. The van der Waals surface area contributed by atoms with E-state index >= 15 is 0 Å². The van der Waals surface area contributed by atoms with Crippen LogP contribution < -0.4 is 0 Å². The van der Waals surface area contributed by atoms with E-state index in [1.165, 1.54) is 0 Å². The molecule has 24 heavy (non-hydrogen) atoms. The summed E-state index contributed by atoms with van der Waals surface area (Å²) < 4.78 is 5.38. The van der Waals surface area contributed by atoms with Gasteiger partial charge in [-0.15, -0.1) is 0 Å². The number of pyridine rings is 1. The van der Waals surface area contributed by atoms with E-state index in [1.807, 2.05) is 48.5 Å². The second-order valence-electron chi connectivity index (χ2n) is 5.35. The van der Waals surface area contributed by atoms with Crippen molar-refractivity contribution in [3.8, 4) is 28.9 Å². The van der Waals surface area contributed by atoms with Gasteiger partial charge in [-0.3, -0.25) is 9.88 Å². The van der Waals surface area contributed by atoms with Crippen molar-refractivity contribution in [1.29, 1.82) is 5.26 Å². The monoisotopic (exact) mass is 315 g/mol. The van der Waals surface area contributed by atoms with E-state index in [4.69, 9.17) is 9.78 Å². The average molecular weight is 315 g/mol. The molecular weight excluding hydrogens is 302 g/mol. The highest BCUT2D eigenvalue weighted by Crippen LogP contribution is 2.27. The zero-order valence-electron chi connectivity index (χ0n) is 12.8. The molecule has 0 spiro atoms. The highest BCUT2D eigenvalue weighted by molar-refractivity contribution is 5.67. The summed E-state index contributed by atoms with van der Waals surface area (Å²) in [6.07, 6.45) is 6.60. The fourth-order valence-electron chi connectivity index (χ4n) is 2.65. The lowest BCUT2D eigenvalue weighted by Gasteiger charge is -2.07. The molecule has 6 nitrogen and oxygen atoms in total. The van der Waals surface area contributed by atoms with Crippen molar-refractivity contribution in [3.63, 3.8) is 0 Å². The molecule has 0 N–H and O–H groups in total. The van der Waals surface area contributed by atoms with Crippen LogP contribution in [0.3, 0.4) is 0 Å². The first kappa shape index (κ1) is 14.2. The van der Waals surface area contributed by atoms with Gasteiger partial charge in [0.25, 0.3) is 5.89 Å². The Morgan fingerprint density at radius 2 is 2.00 bits per heavy atom. The topological polar surface area (TPSA) is 78.8 Å². The van der Waals surface area contributed by atoms with Crippen molar-refractivity contribution in [2.45, 2.75) is 6.42 Å². The third-order valence-corrected chi connectivity index (χ3v) is 3.83. The van der Waals surface area contributed by atoms with Crippen molar-refractivity contribution in [2.75, 3.05) is 6.54 Å². The first-order chi connectivity index (χ1) is 11.8. The van der Waals surface area contributed by atoms with E-state index in [0.717, 1.165) is 23.2 Å². The van der Waals surface area contributed by atoms with Crippen LogP contribution in [0.4, 0.5) is 0 Å². The highest BCUT2D eigenvalue weighted by Gasteiger charge is 2.21. The van der Waals surface area contributed by atoms with E-state index < -0.39 is 0 Å². The van der Waals surface area contributed by atoms with Crippen molar-refractivity contribution in [1.82, 2.24) is 20.0 Å². The lowest BCUT2D eigenvalue weighted by molar-refractivity contribution is 0.426. The Labute approximate surface area is 138 Å². The van der Waals surface area contributed by atoms with Crippen molar-refractivity contribution in [2.24, 2.45) is 0 Å². The first-order valence-corrected chi connectivity index (χ1v) is 7.58. The van der Waals surface area contributed by atoms with Crippen LogP contribution in [0.5, 0.6) is 0 Å². The molecule has 0 bridgehead atoms. The molecule has 3 aromatic rings. The molecule has 1 aromatic carbocycles. The molecule has 0 fully saturated rings. The summed E-state index contributed by atoms with van der Waals surface area (Å²) in [5.74, 6) is 0.845. The van der Waals surface area contributed by atoms with Crippen molar-refractivity contribution < 1.29 is 4.52 Å². The zero-order valence-corrected chi connectivity index (χ0v) is 12.8. The number of nitriles is 1. The molecule has 0 amide bonds. The summed E-state index contributed by atoms with van der Waals surface area (Å²) in [5.41, 5.74) is 3.36. The second kappa shape index (κ2) is 5.97. The SMILES string of the molecule is N#CN1CCC=C1c1noc(-c2ccnc(-c3ccccc3)c2)n1. The predicted molar refractivity (Wildman–Crippen MR) is 87.9 cm³/mol. The lowest BCUT2D eigenvalue weighted by atomic mass is 10.1. The minimum atomic E-state index is 0.412. The molecule has 2 aromatic heterocycles. The van der Waals surface area contributed by atoms with Gasteiger partial charge in [0.15, 0.2) is 6.19 Å². The van der Waals surface area contributed by atoms with Crippen molar-refractivity contribution >= 4 is 5.70 Å². The average Bonchev–Trinajstić information content (AvgIpc) is 3.31. The number of nitrogens with zero attached hydrogens (tertiary/aromatic N) is 5. The van der Waals surface area contributed by atoms with Gasteiger partial charge < -0.3 is 4.52 Å². The predicted octanol–water partition coefficient (Wildman–Crippen LogP) is 3.33. The molecule has 0 saturated heterocycles. The molecule has 0 atom stereocenters. The molecule has 3 heterocycles. The van der Waals surface area contributed by atoms with Crippen LogP contribution in [0.15, 0.2) is 59.3 Å². The van der Waals surface area contributed by atoms with Crippen molar-refractivity contribution in [3.05, 3.63) is 60.6 Å². The van der Waals surface area contributed by atoms with Gasteiger partial charge in [0.1, 0.15) is 0 Å². The van der Waals surface area contributed by atoms with Gasteiger partial charge in [-0.2, -0.15) is 10.2 Å². The summed E-state index contributed by atoms with van der Waals surface area (Å²) in [5, 5.41) is 13.1. The van der Waals surface area contributed by atoms with E-state index in [2.05, 4.69) is 21.3 Å². The third-order valence-electron chi connectivity index (χ3n) is 3.83. The fourth-order valence-corrected chi connectivity index (χ4v) is 2.65. The molecule has 0 radical (unpaired) electrons. The Kier molecular flexibility index (Phi) is 3.52. The maximum absolute atomic E-state index is 9.12. The van der Waals surface area contributed by atoms with Gasteiger partial charge in [-0.1, -0.05) is 41.6 Å². The van der Waals surface area contributed by atoms with Crippen LogP contribution >= 0.6 is 0 Å². The van der Waals surface area contributed by atoms with E-state index in [-0.39, 0.29) is 0 Å². The Balaban J connectivity index is 1.67. The van der Waals surface area contributed by atoms with E-state index in [9.17, 15) is 0 Å². The summed E-state index contributed by atoms with van der Waals surface area (Å²) >= 11 is 0. The first-order valence-electron chi connectivity index (χ1n) is 7.58. The molecule has 1 aliphatic rings. The summed E-state index contributed by atoms with van der Waals surface area (Å²) in [6.45, 7) is 0.656. The zero-order chi connectivity index (χ0) is 16.4. The maximum atomic E-state index is 9.12. The molecule has 116 valence electrons. The van der Waals surface area contributed by atoms with E-state index in [0.29, 0.717) is 24.0 Å². The maximum Gasteiger partial charge on any atom is 0.258 e. The van der Waals surface area contributed by atoms with Gasteiger partial charge in [0, 0.05) is 23.9 Å². The van der Waals surface area contributed by atoms with E-state index in [1.54, 1.807) is 11.1 Å². The van der Waals surface area contributed by atoms with Crippen LogP contribution in [-0.4, -0.2) is 26.6 Å². The standard InChI is InChI=1S/C18H13N5O/c19-12-23-10-4-7-16(23)17-21-18(24-22-17)14-8-9-20-15(11-14)13-5-2-1-3-6-13/h1-3,5-9,11H,4,10H2. The van der Waals surface area contributed by atoms with Gasteiger partial charge >= 0.3 is 0 Å². The summed E-state index contributed by atoms with van der Waals surface area (Å²) in [4.78, 5) is 10.4. The number of hydrogen-bond acceptors (Lipinski definition) is 6. The Morgan fingerprint density at radius 3 is 2.83 bits per heavy atom. The fraction of sp³-hybridized carbons (Fsp3) is 0.111. The third kappa shape index (κ3) is 2.52. The van der Waals surface area contributed by atoms with Gasteiger partial charge in [0.05, 0.1) is 11.4 Å². The van der Waals surface area contributed by atoms with Gasteiger partial charge in [-0.05, 0) is 18.6 Å². The summed E-state index contributed by atoms with van der Waals surface area (Å²) in [6, 6.07) is 13.6. The number of benzene rings is 1. The molecule has 6 heteroatoms. The molecule has 1 aliphatic heterocycles. The highest BCUT2D eigenvalue weighted by atomic mass is 16.5. The number of rotatable bonds is 3. The summed E-state index contributed by atoms with van der Waals surface area (Å²) in [7, 11) is 0. The number of hydrogen-bond donors (Lipinski definition) is 0. The Bertz CT molecular complexity index is 939. The lowest BCUT2D eigenvalue weighted by Crippen LogP contribution is -2.12. The molecule has 0 saturated carbocycles. The smallest absolute Gasteiger partial charge is 0.258 e. The molecule has 0 aliphatic carbocycles. The van der Waals surface area contributed by atoms with Crippen LogP contribution in [0.2, 0.25) is 0 Å². The molecule has 0 unspecified atom stereocenters. The largest absolute Gasteiger partial charge is 0.334 e. The van der Waals surface area contributed by atoms with Crippen LogP contribution in [0.25, 0.3) is 28.4 Å². The van der Waals surface area contributed by atoms with Crippen LogP contribution in [-0.2, 0) is 0 Å². The molecule has 4 rings (SSSR count). The Hall–Kier alpha value is -3.46. The minimum absolute atomic E-state index is 0.412. The Morgan fingerprint density at radius 1 is 1.12 bits per heavy atom. The number of aromatic nitrogens is 3. The quantitative estimate of drug-likeness (QED) is 0.690. The van der Waals surface area contributed by atoms with Crippen LogP contribution in [0.1, 0.15) is 12.2 Å². The second-order valence-corrected chi connectivity index (χ2v) is 5.35. The van der Waals surface area contributed by atoms with Gasteiger partial charge in [0.2, 0.25) is 5.82 Å². The van der Waals surface area contributed by atoms with Gasteiger partial charge in [-0.25, -0.2) is 0 Å². The minimum Gasteiger partial charge on any atom is -0.334 e. The molecular formula is C18H13N5O. The van der Waals surface area contributed by atoms with Crippen LogP contribution in [0, 0.1) is 11.5 Å².